The third-order valence-electron chi connectivity index (χ3n) is 13.3. The summed E-state index contributed by atoms with van der Waals surface area (Å²) in [6, 6.07) is 22.4. The van der Waals surface area contributed by atoms with Gasteiger partial charge in [-0.1, -0.05) is 88.4 Å². The molecular formula is C58H90N4O14S. The maximum absolute atomic E-state index is 14.3. The highest BCUT2D eigenvalue weighted by molar-refractivity contribution is 7.89. The molecule has 0 bridgehead atoms. The molecule has 0 unspecified atom stereocenters. The SMILES string of the molecule is CC(C)(CCC1(C)OCCO1)CN(C[C@@H](O)[C@H](Cc1ccccc1)NC(=O)OC(C)(C)C)S(=O)(=O)c1ccc2c(c1)OCCO2.CC(C)(CCC1(C)OCCO1)CNC[C@@H](O)[C@H](Cc1ccccc1)NC(=O)OC(C)(C)C. The number of alkyl carbamates (subject to hydrolysis) is 2. The molecule has 3 heterocycles. The van der Waals surface area contributed by atoms with Gasteiger partial charge in [-0.25, -0.2) is 18.0 Å². The molecule has 432 valence electrons. The summed E-state index contributed by atoms with van der Waals surface area (Å²) in [7, 11) is -4.15. The number of nitrogens with one attached hydrogen (secondary N) is 3. The van der Waals surface area contributed by atoms with Gasteiger partial charge in [0.2, 0.25) is 10.0 Å². The molecule has 5 N–H and O–H groups in total. The largest absolute Gasteiger partial charge is 0.486 e. The van der Waals surface area contributed by atoms with Crippen molar-refractivity contribution < 1.29 is 66.1 Å². The van der Waals surface area contributed by atoms with E-state index >= 15 is 0 Å². The van der Waals surface area contributed by atoms with Crippen molar-refractivity contribution in [1.82, 2.24) is 20.3 Å². The third kappa shape index (κ3) is 21.9. The second-order valence-corrected chi connectivity index (χ2v) is 26.2. The fourth-order valence-corrected chi connectivity index (χ4v) is 10.7. The summed E-state index contributed by atoms with van der Waals surface area (Å²) in [5.74, 6) is -0.399. The Hall–Kier alpha value is -4.57. The molecule has 0 aliphatic carbocycles. The van der Waals surface area contributed by atoms with E-state index < -0.39 is 74.7 Å². The fourth-order valence-electron chi connectivity index (χ4n) is 9.02. The van der Waals surface area contributed by atoms with Crippen molar-refractivity contribution in [3.05, 3.63) is 90.0 Å². The Morgan fingerprint density at radius 3 is 1.53 bits per heavy atom. The Bertz CT molecular complexity index is 2400. The first kappa shape index (κ1) is 63.3. The van der Waals surface area contributed by atoms with Gasteiger partial charge in [0.05, 0.1) is 55.6 Å². The molecule has 3 aromatic rings. The minimum atomic E-state index is -4.15. The number of hydrogen-bond acceptors (Lipinski definition) is 15. The Labute approximate surface area is 458 Å². The molecule has 19 heteroatoms. The summed E-state index contributed by atoms with van der Waals surface area (Å²) < 4.78 is 75.0. The molecule has 0 saturated carbocycles. The van der Waals surface area contributed by atoms with Crippen LogP contribution >= 0.6 is 0 Å². The van der Waals surface area contributed by atoms with Crippen molar-refractivity contribution >= 4 is 22.2 Å². The van der Waals surface area contributed by atoms with Crippen molar-refractivity contribution in [2.45, 2.75) is 174 Å². The molecular weight excluding hydrogens is 1010 g/mol. The van der Waals surface area contributed by atoms with Crippen LogP contribution in [0.4, 0.5) is 9.59 Å². The first-order valence-corrected chi connectivity index (χ1v) is 28.5. The van der Waals surface area contributed by atoms with Crippen LogP contribution in [0, 0.1) is 10.8 Å². The predicted molar refractivity (Wildman–Crippen MR) is 294 cm³/mol. The van der Waals surface area contributed by atoms with Gasteiger partial charge in [-0.3, -0.25) is 0 Å². The number of fused-ring (bicyclic) bond motifs is 1. The molecule has 2 fully saturated rings. The van der Waals surface area contributed by atoms with E-state index in [0.29, 0.717) is 76.9 Å². The summed E-state index contributed by atoms with van der Waals surface area (Å²) in [5, 5.41) is 31.6. The Balaban J connectivity index is 0.000000301. The molecule has 6 rings (SSSR count). The molecule has 0 spiro atoms. The van der Waals surface area contributed by atoms with Crippen molar-refractivity contribution in [3.63, 3.8) is 0 Å². The van der Waals surface area contributed by atoms with Crippen LogP contribution in [-0.4, -0.2) is 148 Å². The second-order valence-electron chi connectivity index (χ2n) is 24.2. The van der Waals surface area contributed by atoms with Gasteiger partial charge in [0, 0.05) is 45.1 Å². The van der Waals surface area contributed by atoms with E-state index in [4.69, 9.17) is 37.9 Å². The highest BCUT2D eigenvalue weighted by atomic mass is 32.2. The number of carbonyl (C=O) groups is 2. The van der Waals surface area contributed by atoms with E-state index in [2.05, 4.69) is 29.8 Å². The third-order valence-corrected chi connectivity index (χ3v) is 15.1. The van der Waals surface area contributed by atoms with Gasteiger partial charge in [-0.05, 0) is 115 Å². The number of carbonyl (C=O) groups excluding carboxylic acids is 2. The van der Waals surface area contributed by atoms with Crippen molar-refractivity contribution in [2.24, 2.45) is 10.8 Å². The van der Waals surface area contributed by atoms with Crippen molar-refractivity contribution in [2.75, 3.05) is 65.8 Å². The number of sulfonamides is 1. The summed E-state index contributed by atoms with van der Waals surface area (Å²) in [4.78, 5) is 25.2. The minimum absolute atomic E-state index is 0.00552. The number of aliphatic hydroxyl groups is 2. The normalized spacial score (nSPS) is 18.1. The van der Waals surface area contributed by atoms with Crippen LogP contribution in [-0.2, 0) is 51.3 Å². The molecule has 0 aromatic heterocycles. The van der Waals surface area contributed by atoms with E-state index in [1.54, 1.807) is 26.8 Å². The van der Waals surface area contributed by atoms with Gasteiger partial charge in [0.25, 0.3) is 0 Å². The zero-order chi connectivity index (χ0) is 56.7. The quantitative estimate of drug-likeness (QED) is 0.0571. The van der Waals surface area contributed by atoms with Crippen LogP contribution in [0.5, 0.6) is 11.5 Å². The summed E-state index contributed by atoms with van der Waals surface area (Å²) in [6.07, 6.45) is 0.411. The first-order valence-electron chi connectivity index (χ1n) is 27.0. The second kappa shape index (κ2) is 27.5. The maximum Gasteiger partial charge on any atom is 0.407 e. The standard InChI is InChI=1S/C33H48N2O9S.C25H42N2O5/c1-31(2,3)44-30(37)34-26(20-24-10-8-7-9-11-24)27(36)22-35(23-32(4,5)14-15-33(6)42-18-19-43-33)45(38,39)25-12-13-28-29(21-25)41-17-16-40-28;1-23(2,3)32-22(29)27-20(16-19-10-8-7-9-11-19)21(28)17-26-18-24(4,5)12-13-25(6)30-14-15-31-25/h7-13,21,26-27,36H,14-20,22-23H2,1-6H3,(H,34,37);7-11,20-21,26,28H,12-18H2,1-6H3,(H,27,29)/t26-,27+;20-,21+/m00/s1. The lowest BCUT2D eigenvalue weighted by Gasteiger charge is -2.36. The van der Waals surface area contributed by atoms with E-state index in [0.717, 1.165) is 30.5 Å². The van der Waals surface area contributed by atoms with E-state index in [-0.39, 0.29) is 29.8 Å². The summed E-state index contributed by atoms with van der Waals surface area (Å²) in [6.45, 7) is 26.8. The molecule has 3 aliphatic heterocycles. The highest BCUT2D eigenvalue weighted by Crippen LogP contribution is 2.37. The van der Waals surface area contributed by atoms with Crippen molar-refractivity contribution in [1.29, 1.82) is 0 Å². The summed E-state index contributed by atoms with van der Waals surface area (Å²) >= 11 is 0. The van der Waals surface area contributed by atoms with E-state index in [1.807, 2.05) is 109 Å². The smallest absolute Gasteiger partial charge is 0.407 e. The Morgan fingerprint density at radius 1 is 0.623 bits per heavy atom. The number of rotatable bonds is 24. The number of nitrogens with zero attached hydrogens (tertiary/aromatic N) is 1. The predicted octanol–water partition coefficient (Wildman–Crippen LogP) is 8.16. The molecule has 4 atom stereocenters. The number of hydrogen-bond donors (Lipinski definition) is 5. The molecule has 2 amide bonds. The lowest BCUT2D eigenvalue weighted by molar-refractivity contribution is -0.151. The molecule has 77 heavy (non-hydrogen) atoms. The van der Waals surface area contributed by atoms with Crippen LogP contribution in [0.15, 0.2) is 83.8 Å². The lowest BCUT2D eigenvalue weighted by Crippen LogP contribution is -2.52. The number of amides is 2. The van der Waals surface area contributed by atoms with Gasteiger partial charge >= 0.3 is 12.2 Å². The number of benzene rings is 3. The zero-order valence-corrected chi connectivity index (χ0v) is 48.6. The van der Waals surface area contributed by atoms with Gasteiger partial charge in [0.15, 0.2) is 23.1 Å². The average Bonchev–Trinajstić information content (AvgIpc) is 4.00. The van der Waals surface area contributed by atoms with Crippen molar-refractivity contribution in [3.8, 4) is 11.5 Å². The van der Waals surface area contributed by atoms with E-state index in [1.165, 1.54) is 16.4 Å². The zero-order valence-electron chi connectivity index (χ0n) is 47.8. The van der Waals surface area contributed by atoms with Crippen LogP contribution in [0.25, 0.3) is 0 Å². The molecule has 2 saturated heterocycles. The number of ether oxygens (including phenoxy) is 8. The Morgan fingerprint density at radius 2 is 1.06 bits per heavy atom. The monoisotopic (exact) mass is 1100 g/mol. The highest BCUT2D eigenvalue weighted by Gasteiger charge is 2.39. The average molecular weight is 1100 g/mol. The minimum Gasteiger partial charge on any atom is -0.486 e. The molecule has 3 aromatic carbocycles. The van der Waals surface area contributed by atoms with Gasteiger partial charge < -0.3 is 64.1 Å². The fraction of sp³-hybridized carbons (Fsp3) is 0.655. The molecule has 18 nitrogen and oxygen atoms in total. The maximum atomic E-state index is 14.3. The molecule has 0 radical (unpaired) electrons. The first-order chi connectivity index (χ1) is 35.9. The van der Waals surface area contributed by atoms with Gasteiger partial charge in [0.1, 0.15) is 24.4 Å². The van der Waals surface area contributed by atoms with Crippen LogP contribution in [0.3, 0.4) is 0 Å². The summed E-state index contributed by atoms with van der Waals surface area (Å²) in [5.41, 5.74) is 0.0188. The lowest BCUT2D eigenvalue weighted by atomic mass is 9.86. The van der Waals surface area contributed by atoms with Gasteiger partial charge in [-0.15, -0.1) is 0 Å². The van der Waals surface area contributed by atoms with Gasteiger partial charge in [-0.2, -0.15) is 4.31 Å². The van der Waals surface area contributed by atoms with Crippen LogP contribution in [0.2, 0.25) is 0 Å². The topological polar surface area (TPSA) is 222 Å². The van der Waals surface area contributed by atoms with Crippen LogP contribution in [0.1, 0.15) is 120 Å². The van der Waals surface area contributed by atoms with E-state index in [9.17, 15) is 28.2 Å². The number of aliphatic hydroxyl groups excluding tert-OH is 2. The Kier molecular flexibility index (Phi) is 22.6. The molecule has 3 aliphatic rings. The van der Waals surface area contributed by atoms with Crippen LogP contribution < -0.4 is 25.4 Å².